The summed E-state index contributed by atoms with van der Waals surface area (Å²) in [5, 5.41) is 5.05. The van der Waals surface area contributed by atoms with Gasteiger partial charge in [0.25, 0.3) is 11.5 Å². The molecule has 2 N–H and O–H groups in total. The van der Waals surface area contributed by atoms with E-state index in [2.05, 4.69) is 30.1 Å². The smallest absolute Gasteiger partial charge is 0.280 e. The van der Waals surface area contributed by atoms with Crippen molar-refractivity contribution in [3.63, 3.8) is 0 Å². The molecule has 1 amide bonds. The molecule has 1 fully saturated rings. The molecule has 10 heteroatoms. The molecule has 0 radical (unpaired) electrons. The molecular weight excluding hydrogens is 396 g/mol. The van der Waals surface area contributed by atoms with Gasteiger partial charge in [-0.05, 0) is 12.5 Å². The molecule has 0 saturated carbocycles. The lowest BCUT2D eigenvalue weighted by Gasteiger charge is -2.34. The fourth-order valence-electron chi connectivity index (χ4n) is 3.27. The van der Waals surface area contributed by atoms with Crippen molar-refractivity contribution in [3.05, 3.63) is 37.4 Å². The first-order chi connectivity index (χ1) is 13.6. The Morgan fingerprint density at radius 3 is 2.79 bits per heavy atom. The van der Waals surface area contributed by atoms with Gasteiger partial charge in [0.15, 0.2) is 5.01 Å². The minimum Gasteiger partial charge on any atom is -0.353 e. The highest BCUT2D eigenvalue weighted by molar-refractivity contribution is 7.18. The molecule has 28 heavy (non-hydrogen) atoms. The van der Waals surface area contributed by atoms with Crippen LogP contribution in [-0.2, 0) is 13.0 Å². The molecule has 1 saturated heterocycles. The predicted octanol–water partition coefficient (Wildman–Crippen LogP) is 1.69. The predicted molar refractivity (Wildman–Crippen MR) is 113 cm³/mol. The maximum Gasteiger partial charge on any atom is 0.280 e. The molecule has 8 nitrogen and oxygen atoms in total. The van der Waals surface area contributed by atoms with Crippen LogP contribution in [0, 0.1) is 0 Å². The van der Waals surface area contributed by atoms with Gasteiger partial charge in [-0.3, -0.25) is 14.5 Å². The number of H-pyrrole nitrogens is 1. The third-order valence-electron chi connectivity index (χ3n) is 4.83. The number of fused-ring (bicyclic) bond motifs is 1. The van der Waals surface area contributed by atoms with Crippen molar-refractivity contribution in [2.75, 3.05) is 38.1 Å². The first-order valence-electron chi connectivity index (χ1n) is 9.24. The molecule has 0 atom stereocenters. The lowest BCUT2D eigenvalue weighted by Crippen LogP contribution is -2.46. The van der Waals surface area contributed by atoms with E-state index in [0.717, 1.165) is 48.9 Å². The zero-order chi connectivity index (χ0) is 19.7. The molecular formula is C18H22N6O2S2. The summed E-state index contributed by atoms with van der Waals surface area (Å²) in [6.45, 7) is 6.38. The normalized spacial score (nSPS) is 15.3. The van der Waals surface area contributed by atoms with E-state index >= 15 is 0 Å². The Morgan fingerprint density at radius 2 is 2.07 bits per heavy atom. The molecule has 4 rings (SSSR count). The average Bonchev–Trinajstić information content (AvgIpc) is 3.34. The zero-order valence-electron chi connectivity index (χ0n) is 15.8. The summed E-state index contributed by atoms with van der Waals surface area (Å²) in [5.41, 5.74) is 1.33. The van der Waals surface area contributed by atoms with E-state index in [4.69, 9.17) is 0 Å². The van der Waals surface area contributed by atoms with Crippen LogP contribution in [0.15, 0.2) is 16.2 Å². The van der Waals surface area contributed by atoms with Crippen LogP contribution >= 0.6 is 22.7 Å². The Bertz CT molecular complexity index is 1050. The second-order valence-electron chi connectivity index (χ2n) is 6.65. The number of piperazine rings is 1. The number of anilines is 1. The van der Waals surface area contributed by atoms with Gasteiger partial charge in [0, 0.05) is 50.0 Å². The number of carbonyl (C=O) groups excluding carboxylic acids is 1. The largest absolute Gasteiger partial charge is 0.353 e. The molecule has 0 unspecified atom stereocenters. The van der Waals surface area contributed by atoms with E-state index in [1.807, 2.05) is 18.4 Å². The summed E-state index contributed by atoms with van der Waals surface area (Å²) in [6, 6.07) is 2.04. The Labute approximate surface area is 170 Å². The van der Waals surface area contributed by atoms with E-state index in [0.29, 0.717) is 17.1 Å². The number of amides is 1. The third kappa shape index (κ3) is 3.80. The number of hydrogen-bond acceptors (Lipinski definition) is 8. The molecule has 3 aromatic heterocycles. The Morgan fingerprint density at radius 1 is 1.29 bits per heavy atom. The van der Waals surface area contributed by atoms with E-state index in [1.54, 1.807) is 18.4 Å². The fraction of sp³-hybridized carbons (Fsp3) is 0.444. The highest BCUT2D eigenvalue weighted by Gasteiger charge is 2.21. The number of thiazole rings is 1. The van der Waals surface area contributed by atoms with Crippen molar-refractivity contribution in [2.24, 2.45) is 0 Å². The van der Waals surface area contributed by atoms with Crippen molar-refractivity contribution >= 4 is 44.7 Å². The minimum atomic E-state index is -0.141. The minimum absolute atomic E-state index is 0.0904. The zero-order valence-corrected chi connectivity index (χ0v) is 17.5. The number of aromatic nitrogens is 3. The van der Waals surface area contributed by atoms with Gasteiger partial charge in [-0.25, -0.2) is 9.97 Å². The Balaban J connectivity index is 1.39. The molecule has 1 aliphatic heterocycles. The van der Waals surface area contributed by atoms with Gasteiger partial charge in [-0.15, -0.1) is 22.7 Å². The second-order valence-corrected chi connectivity index (χ2v) is 8.62. The second kappa shape index (κ2) is 7.98. The van der Waals surface area contributed by atoms with Crippen LogP contribution in [-0.4, -0.2) is 59.0 Å². The van der Waals surface area contributed by atoms with Gasteiger partial charge in [-0.1, -0.05) is 6.92 Å². The summed E-state index contributed by atoms with van der Waals surface area (Å²) in [7, 11) is 1.62. The molecule has 3 aromatic rings. The van der Waals surface area contributed by atoms with Crippen molar-refractivity contribution in [3.8, 4) is 0 Å². The number of thiophene rings is 1. The van der Waals surface area contributed by atoms with Crippen LogP contribution in [0.1, 0.15) is 27.3 Å². The molecule has 148 valence electrons. The van der Waals surface area contributed by atoms with E-state index < -0.39 is 0 Å². The van der Waals surface area contributed by atoms with Crippen LogP contribution in [0.2, 0.25) is 0 Å². The van der Waals surface area contributed by atoms with Crippen molar-refractivity contribution < 1.29 is 4.79 Å². The third-order valence-corrected chi connectivity index (χ3v) is 6.68. The van der Waals surface area contributed by atoms with E-state index in [1.165, 1.54) is 16.2 Å². The van der Waals surface area contributed by atoms with Gasteiger partial charge < -0.3 is 15.2 Å². The number of nitrogens with one attached hydrogen (secondary N) is 2. The Kier molecular flexibility index (Phi) is 5.42. The van der Waals surface area contributed by atoms with Crippen molar-refractivity contribution in [1.29, 1.82) is 0 Å². The van der Waals surface area contributed by atoms with Crippen molar-refractivity contribution in [1.82, 2.24) is 25.2 Å². The van der Waals surface area contributed by atoms with Crippen LogP contribution in [0.5, 0.6) is 0 Å². The van der Waals surface area contributed by atoms with Crippen LogP contribution < -0.4 is 15.8 Å². The number of hydrogen-bond donors (Lipinski definition) is 2. The number of nitrogens with zero attached hydrogens (tertiary/aromatic N) is 4. The molecule has 0 bridgehead atoms. The summed E-state index contributed by atoms with van der Waals surface area (Å²) in [5.74, 6) is 0.733. The highest BCUT2D eigenvalue weighted by Crippen LogP contribution is 2.25. The van der Waals surface area contributed by atoms with Gasteiger partial charge in [-0.2, -0.15) is 0 Å². The van der Waals surface area contributed by atoms with Crippen LogP contribution in [0.3, 0.4) is 0 Å². The molecule has 1 aliphatic rings. The number of aromatic amines is 1. The summed E-state index contributed by atoms with van der Waals surface area (Å²) in [4.78, 5) is 42.2. The van der Waals surface area contributed by atoms with Crippen molar-refractivity contribution in [2.45, 2.75) is 19.9 Å². The molecule has 0 aliphatic carbocycles. The summed E-state index contributed by atoms with van der Waals surface area (Å²) in [6.07, 6.45) is 0.638. The van der Waals surface area contributed by atoms with Crippen LogP contribution in [0.25, 0.3) is 10.3 Å². The van der Waals surface area contributed by atoms with E-state index in [9.17, 15) is 9.59 Å². The van der Waals surface area contributed by atoms with Crippen LogP contribution in [0.4, 0.5) is 5.82 Å². The van der Waals surface area contributed by atoms with E-state index in [-0.39, 0.29) is 11.5 Å². The monoisotopic (exact) mass is 418 g/mol. The SMILES string of the molecule is CCc1nc2sc(CN3CCN(c4csc(C(=O)NC)n4)CC3)cc2[nH]c1=O. The Hall–Kier alpha value is -2.30. The first-order valence-corrected chi connectivity index (χ1v) is 10.9. The topological polar surface area (TPSA) is 94.2 Å². The maximum atomic E-state index is 11.9. The summed E-state index contributed by atoms with van der Waals surface area (Å²) < 4.78 is 0. The number of rotatable bonds is 5. The molecule has 4 heterocycles. The first kappa shape index (κ1) is 19.0. The van der Waals surface area contributed by atoms with Gasteiger partial charge in [0.2, 0.25) is 0 Å². The number of carbonyl (C=O) groups is 1. The van der Waals surface area contributed by atoms with Gasteiger partial charge >= 0.3 is 0 Å². The quantitative estimate of drug-likeness (QED) is 0.655. The highest BCUT2D eigenvalue weighted by atomic mass is 32.1. The lowest BCUT2D eigenvalue weighted by molar-refractivity contribution is 0.0962. The maximum absolute atomic E-state index is 11.9. The average molecular weight is 419 g/mol. The standard InChI is InChI=1S/C18H22N6O2S2/c1-3-12-15(25)20-13-8-11(28-17(13)21-12)9-23-4-6-24(7-5-23)14-10-27-18(22-14)16(26)19-2/h8,10H,3-7,9H2,1-2H3,(H,19,26)(H,20,25). The van der Waals surface area contributed by atoms with Gasteiger partial charge in [0.05, 0.1) is 5.52 Å². The van der Waals surface area contributed by atoms with Gasteiger partial charge in [0.1, 0.15) is 16.3 Å². The fourth-order valence-corrected chi connectivity index (χ4v) is 5.09. The molecule has 0 spiro atoms. The lowest BCUT2D eigenvalue weighted by atomic mass is 10.3. The summed E-state index contributed by atoms with van der Waals surface area (Å²) >= 11 is 3.02. The molecule has 0 aromatic carbocycles. The number of aryl methyl sites for hydroxylation is 1.